The molecule has 0 amide bonds. The Labute approximate surface area is 117 Å². The summed E-state index contributed by atoms with van der Waals surface area (Å²) in [5, 5.41) is 0. The van der Waals surface area contributed by atoms with Crippen molar-refractivity contribution in [3.05, 3.63) is 11.6 Å². The van der Waals surface area contributed by atoms with Gasteiger partial charge in [-0.2, -0.15) is 0 Å². The van der Waals surface area contributed by atoms with Crippen molar-refractivity contribution in [2.75, 3.05) is 26.6 Å². The molecule has 0 aromatic heterocycles. The molecule has 2 fully saturated rings. The highest BCUT2D eigenvalue weighted by molar-refractivity contribution is 6.69. The first-order valence-electron chi connectivity index (χ1n) is 7.17. The molecule has 2 rings (SSSR count). The van der Waals surface area contributed by atoms with Crippen LogP contribution in [0.5, 0.6) is 0 Å². The minimum absolute atomic E-state index is 0.265. The summed E-state index contributed by atoms with van der Waals surface area (Å²) in [6, 6.07) is 0. The summed E-state index contributed by atoms with van der Waals surface area (Å²) in [6.45, 7) is 9.04. The maximum absolute atomic E-state index is 5.71. The molecule has 4 nitrogen and oxygen atoms in total. The Morgan fingerprint density at radius 3 is 2.37 bits per heavy atom. The number of hydrogen-bond acceptors (Lipinski definition) is 4. The number of ether oxygens (including phenoxy) is 3. The summed E-state index contributed by atoms with van der Waals surface area (Å²) in [6.07, 6.45) is 6.25. The fraction of sp³-hybridized carbons (Fsp3) is 0.857. The van der Waals surface area contributed by atoms with Crippen LogP contribution in [-0.2, 0) is 18.6 Å². The number of hydrogen-bond donors (Lipinski definition) is 0. The number of rotatable bonds is 5. The average molecular weight is 286 g/mol. The van der Waals surface area contributed by atoms with Crippen LogP contribution < -0.4 is 0 Å². The van der Waals surface area contributed by atoms with Gasteiger partial charge >= 0.3 is 0 Å². The van der Waals surface area contributed by atoms with Gasteiger partial charge in [-0.3, -0.25) is 0 Å². The molecule has 1 saturated carbocycles. The normalized spacial score (nSPS) is 23.0. The van der Waals surface area contributed by atoms with Gasteiger partial charge in [-0.05, 0) is 32.5 Å². The molecule has 1 aliphatic heterocycles. The van der Waals surface area contributed by atoms with Crippen molar-refractivity contribution < 1.29 is 18.6 Å². The molecule has 0 N–H and O–H groups in total. The Bertz CT molecular complexity index is 304. The van der Waals surface area contributed by atoms with Crippen molar-refractivity contribution in [2.24, 2.45) is 0 Å². The van der Waals surface area contributed by atoms with E-state index in [4.69, 9.17) is 18.6 Å². The van der Waals surface area contributed by atoms with Crippen molar-refractivity contribution in [1.29, 1.82) is 0 Å². The molecular weight excluding hydrogens is 260 g/mol. The monoisotopic (exact) mass is 286 g/mol. The summed E-state index contributed by atoms with van der Waals surface area (Å²) in [7, 11) is -1.45. The molecule has 1 aliphatic carbocycles. The lowest BCUT2D eigenvalue weighted by Gasteiger charge is -2.32. The van der Waals surface area contributed by atoms with Crippen LogP contribution in [-0.4, -0.2) is 40.7 Å². The van der Waals surface area contributed by atoms with E-state index in [1.165, 1.54) is 5.57 Å². The summed E-state index contributed by atoms with van der Waals surface area (Å²) in [4.78, 5) is 0. The predicted octanol–water partition coefficient (Wildman–Crippen LogP) is 3.06. The van der Waals surface area contributed by atoms with E-state index in [9.17, 15) is 0 Å². The molecular formula is C14H26O4Si. The zero-order valence-corrected chi connectivity index (χ0v) is 13.4. The lowest BCUT2D eigenvalue weighted by atomic mass is 9.89. The van der Waals surface area contributed by atoms with E-state index < -0.39 is 8.32 Å². The van der Waals surface area contributed by atoms with Gasteiger partial charge in [-0.15, -0.1) is 0 Å². The fourth-order valence-corrected chi connectivity index (χ4v) is 2.82. The molecule has 0 aromatic rings. The third-order valence-electron chi connectivity index (χ3n) is 3.53. The minimum atomic E-state index is -1.45. The Kier molecular flexibility index (Phi) is 5.20. The van der Waals surface area contributed by atoms with E-state index in [1.807, 2.05) is 0 Å². The maximum atomic E-state index is 5.71. The van der Waals surface area contributed by atoms with Crippen molar-refractivity contribution in [3.8, 4) is 0 Å². The summed E-state index contributed by atoms with van der Waals surface area (Å²) >= 11 is 0. The highest BCUT2D eigenvalue weighted by Crippen LogP contribution is 2.37. The van der Waals surface area contributed by atoms with Crippen LogP contribution in [0.1, 0.15) is 25.7 Å². The van der Waals surface area contributed by atoms with Crippen LogP contribution in [0.4, 0.5) is 0 Å². The van der Waals surface area contributed by atoms with Crippen molar-refractivity contribution >= 4 is 8.32 Å². The van der Waals surface area contributed by atoms with Crippen LogP contribution in [0, 0.1) is 0 Å². The first-order chi connectivity index (χ1) is 8.99. The van der Waals surface area contributed by atoms with E-state index in [1.54, 1.807) is 0 Å². The van der Waals surface area contributed by atoms with Gasteiger partial charge in [0.15, 0.2) is 14.1 Å². The Morgan fingerprint density at radius 2 is 1.79 bits per heavy atom. The average Bonchev–Trinajstić information content (AvgIpc) is 2.79. The van der Waals surface area contributed by atoms with E-state index in [2.05, 4.69) is 25.7 Å². The molecule has 0 atom stereocenters. The van der Waals surface area contributed by atoms with Gasteiger partial charge in [0.2, 0.25) is 0 Å². The molecule has 1 heterocycles. The third kappa shape index (κ3) is 5.00. The molecule has 5 heteroatoms. The quantitative estimate of drug-likeness (QED) is 0.337. The van der Waals surface area contributed by atoms with Gasteiger partial charge in [0, 0.05) is 12.8 Å². The molecule has 1 saturated heterocycles. The molecule has 2 aliphatic rings. The fourth-order valence-electron chi connectivity index (χ4n) is 2.39. The molecule has 110 valence electrons. The second kappa shape index (κ2) is 6.50. The number of allylic oxidation sites excluding steroid dienone is 1. The predicted molar refractivity (Wildman–Crippen MR) is 76.4 cm³/mol. The SMILES string of the molecule is C[Si](C)(C)OCOCC=C1CCC2(CC1)OCCO2. The van der Waals surface area contributed by atoms with Gasteiger partial charge in [0.05, 0.1) is 19.8 Å². The Morgan fingerprint density at radius 1 is 1.16 bits per heavy atom. The molecule has 0 radical (unpaired) electrons. The van der Waals surface area contributed by atoms with Crippen LogP contribution in [0.3, 0.4) is 0 Å². The van der Waals surface area contributed by atoms with Gasteiger partial charge in [0.25, 0.3) is 0 Å². The van der Waals surface area contributed by atoms with Crippen molar-refractivity contribution in [3.63, 3.8) is 0 Å². The van der Waals surface area contributed by atoms with Crippen LogP contribution in [0.2, 0.25) is 19.6 Å². The Balaban J connectivity index is 1.63. The van der Waals surface area contributed by atoms with Crippen LogP contribution >= 0.6 is 0 Å². The molecule has 19 heavy (non-hydrogen) atoms. The van der Waals surface area contributed by atoms with E-state index in [0.717, 1.165) is 38.9 Å². The first kappa shape index (κ1) is 15.2. The molecule has 0 unspecified atom stereocenters. The second-order valence-electron chi connectivity index (χ2n) is 6.22. The van der Waals surface area contributed by atoms with Crippen LogP contribution in [0.25, 0.3) is 0 Å². The summed E-state index contributed by atoms with van der Waals surface area (Å²) in [5.41, 5.74) is 1.46. The second-order valence-corrected chi connectivity index (χ2v) is 10.7. The highest BCUT2D eigenvalue weighted by Gasteiger charge is 2.38. The van der Waals surface area contributed by atoms with Crippen molar-refractivity contribution in [1.82, 2.24) is 0 Å². The summed E-state index contributed by atoms with van der Waals surface area (Å²) < 4.78 is 22.6. The van der Waals surface area contributed by atoms with Gasteiger partial charge < -0.3 is 18.6 Å². The third-order valence-corrected chi connectivity index (χ3v) is 4.52. The lowest BCUT2D eigenvalue weighted by molar-refractivity contribution is -0.171. The summed E-state index contributed by atoms with van der Waals surface area (Å²) in [5.74, 6) is -0.265. The lowest BCUT2D eigenvalue weighted by Crippen LogP contribution is -2.33. The molecule has 0 bridgehead atoms. The van der Waals surface area contributed by atoms with Crippen molar-refractivity contribution in [2.45, 2.75) is 51.1 Å². The smallest absolute Gasteiger partial charge is 0.186 e. The standard InChI is InChI=1S/C14H26O4Si/c1-19(2,3)18-12-15-9-6-13-4-7-14(8-5-13)16-10-11-17-14/h6H,4-5,7-12H2,1-3H3. The zero-order valence-electron chi connectivity index (χ0n) is 12.4. The van der Waals surface area contributed by atoms with Crippen LogP contribution in [0.15, 0.2) is 11.6 Å². The first-order valence-corrected chi connectivity index (χ1v) is 10.6. The largest absolute Gasteiger partial charge is 0.395 e. The Hall–Kier alpha value is -0.203. The minimum Gasteiger partial charge on any atom is -0.395 e. The molecule has 1 spiro atoms. The van der Waals surface area contributed by atoms with Gasteiger partial charge in [-0.25, -0.2) is 0 Å². The van der Waals surface area contributed by atoms with E-state index in [-0.39, 0.29) is 5.79 Å². The zero-order chi connectivity index (χ0) is 13.8. The topological polar surface area (TPSA) is 36.9 Å². The highest BCUT2D eigenvalue weighted by atomic mass is 28.4. The maximum Gasteiger partial charge on any atom is 0.186 e. The van der Waals surface area contributed by atoms with E-state index in [0.29, 0.717) is 13.4 Å². The molecule has 0 aromatic carbocycles. The van der Waals surface area contributed by atoms with Gasteiger partial charge in [-0.1, -0.05) is 11.6 Å². The van der Waals surface area contributed by atoms with E-state index >= 15 is 0 Å². The van der Waals surface area contributed by atoms with Gasteiger partial charge in [0.1, 0.15) is 6.79 Å².